The third kappa shape index (κ3) is 2.04. The Morgan fingerprint density at radius 1 is 1.64 bits per heavy atom. The highest BCUT2D eigenvalue weighted by atomic mass is 32.2. The molecule has 0 N–H and O–H groups in total. The van der Waals surface area contributed by atoms with E-state index in [1.807, 2.05) is 29.3 Å². The van der Waals surface area contributed by atoms with E-state index in [2.05, 4.69) is 6.92 Å². The van der Waals surface area contributed by atoms with Crippen molar-refractivity contribution in [1.82, 2.24) is 0 Å². The summed E-state index contributed by atoms with van der Waals surface area (Å²) in [4.78, 5) is 13.2. The summed E-state index contributed by atoms with van der Waals surface area (Å²) >= 11 is 3.51. The fourth-order valence-corrected chi connectivity index (χ4v) is 3.72. The van der Waals surface area contributed by atoms with Gasteiger partial charge in [0.15, 0.2) is 5.78 Å². The maximum Gasteiger partial charge on any atom is 0.153 e. The smallest absolute Gasteiger partial charge is 0.153 e. The van der Waals surface area contributed by atoms with Crippen molar-refractivity contribution in [2.45, 2.75) is 30.9 Å². The molecular weight excluding hydrogens is 212 g/mol. The molecule has 1 aromatic rings. The Kier molecular flexibility index (Phi) is 2.98. The molecule has 3 heteroatoms. The number of ketones is 1. The highest BCUT2D eigenvalue weighted by molar-refractivity contribution is 8.01. The van der Waals surface area contributed by atoms with Crippen LogP contribution in [0.4, 0.5) is 0 Å². The number of hydrogen-bond acceptors (Lipinski definition) is 3. The number of thioether (sulfide) groups is 1. The van der Waals surface area contributed by atoms with Gasteiger partial charge in [0.25, 0.3) is 0 Å². The Labute approximate surface area is 92.9 Å². The molecule has 1 aromatic heterocycles. The predicted molar refractivity (Wildman–Crippen MR) is 63.1 cm³/mol. The summed E-state index contributed by atoms with van der Waals surface area (Å²) in [5.74, 6) is 1.55. The minimum atomic E-state index is -0.0933. The van der Waals surface area contributed by atoms with E-state index in [0.29, 0.717) is 12.2 Å². The first-order chi connectivity index (χ1) is 6.71. The average molecular weight is 226 g/mol. The number of hydrogen-bond donors (Lipinski definition) is 0. The average Bonchev–Trinajstić information content (AvgIpc) is 2.76. The highest BCUT2D eigenvalue weighted by Gasteiger charge is 2.36. The van der Waals surface area contributed by atoms with Crippen LogP contribution >= 0.6 is 23.1 Å². The van der Waals surface area contributed by atoms with Crippen molar-refractivity contribution >= 4 is 28.9 Å². The second-order valence-electron chi connectivity index (χ2n) is 3.86. The van der Waals surface area contributed by atoms with E-state index < -0.39 is 0 Å². The van der Waals surface area contributed by atoms with Crippen LogP contribution in [-0.2, 0) is 11.2 Å². The van der Waals surface area contributed by atoms with E-state index in [1.165, 1.54) is 11.3 Å². The van der Waals surface area contributed by atoms with Crippen LogP contribution in [0.2, 0.25) is 0 Å². The molecule has 0 amide bonds. The quantitative estimate of drug-likeness (QED) is 0.787. The van der Waals surface area contributed by atoms with Crippen molar-refractivity contribution < 1.29 is 4.79 Å². The molecule has 1 nitrogen and oxygen atoms in total. The largest absolute Gasteiger partial charge is 0.298 e. The van der Waals surface area contributed by atoms with E-state index >= 15 is 0 Å². The van der Waals surface area contributed by atoms with E-state index in [9.17, 15) is 4.79 Å². The SMILES string of the molecule is CC1(C(=O)Cc2cccs2)CCCS1. The Hall–Kier alpha value is -0.280. The highest BCUT2D eigenvalue weighted by Crippen LogP contribution is 2.39. The summed E-state index contributed by atoms with van der Waals surface area (Å²) in [7, 11) is 0. The topological polar surface area (TPSA) is 17.1 Å². The minimum absolute atomic E-state index is 0.0933. The lowest BCUT2D eigenvalue weighted by molar-refractivity contribution is -0.120. The summed E-state index contributed by atoms with van der Waals surface area (Å²) in [5, 5.41) is 2.03. The van der Waals surface area contributed by atoms with E-state index in [4.69, 9.17) is 0 Å². The van der Waals surface area contributed by atoms with E-state index in [-0.39, 0.29) is 4.75 Å². The number of Topliss-reactive ketones (excluding diaryl/α,β-unsaturated/α-hetero) is 1. The number of thiophene rings is 1. The second-order valence-corrected chi connectivity index (χ2v) is 6.49. The van der Waals surface area contributed by atoms with Crippen LogP contribution in [0.5, 0.6) is 0 Å². The van der Waals surface area contributed by atoms with E-state index in [1.54, 1.807) is 11.3 Å². The van der Waals surface area contributed by atoms with Gasteiger partial charge in [-0.1, -0.05) is 6.07 Å². The molecule has 1 aliphatic rings. The molecule has 0 spiro atoms. The molecule has 0 bridgehead atoms. The first-order valence-corrected chi connectivity index (χ1v) is 6.77. The van der Waals surface area contributed by atoms with Gasteiger partial charge in [-0.3, -0.25) is 4.79 Å². The van der Waals surface area contributed by atoms with Crippen molar-refractivity contribution in [3.8, 4) is 0 Å². The maximum absolute atomic E-state index is 12.0. The Morgan fingerprint density at radius 2 is 2.50 bits per heavy atom. The number of carbonyl (C=O) groups is 1. The molecular formula is C11H14OS2. The van der Waals surface area contributed by atoms with Gasteiger partial charge in [0.2, 0.25) is 0 Å². The fraction of sp³-hybridized carbons (Fsp3) is 0.545. The van der Waals surface area contributed by atoms with Gasteiger partial charge in [0.05, 0.1) is 4.75 Å². The molecule has 1 unspecified atom stereocenters. The third-order valence-electron chi connectivity index (χ3n) is 2.72. The lowest BCUT2D eigenvalue weighted by atomic mass is 9.97. The van der Waals surface area contributed by atoms with Crippen molar-refractivity contribution in [3.05, 3.63) is 22.4 Å². The molecule has 0 aliphatic carbocycles. The standard InChI is InChI=1S/C11H14OS2/c1-11(5-3-7-14-11)10(12)8-9-4-2-6-13-9/h2,4,6H,3,5,7-8H2,1H3. The van der Waals surface area contributed by atoms with Crippen molar-refractivity contribution in [2.75, 3.05) is 5.75 Å². The van der Waals surface area contributed by atoms with Crippen LogP contribution < -0.4 is 0 Å². The van der Waals surface area contributed by atoms with Crippen molar-refractivity contribution in [3.63, 3.8) is 0 Å². The molecule has 0 saturated carbocycles. The van der Waals surface area contributed by atoms with Gasteiger partial charge in [0, 0.05) is 11.3 Å². The van der Waals surface area contributed by atoms with Crippen molar-refractivity contribution in [2.24, 2.45) is 0 Å². The first kappa shape index (κ1) is 10.2. The number of rotatable bonds is 3. The fourth-order valence-electron chi connectivity index (χ4n) is 1.76. The lowest BCUT2D eigenvalue weighted by Gasteiger charge is -2.20. The van der Waals surface area contributed by atoms with Crippen LogP contribution in [0.3, 0.4) is 0 Å². The van der Waals surface area contributed by atoms with Crippen LogP contribution in [0.25, 0.3) is 0 Å². The summed E-state index contributed by atoms with van der Waals surface area (Å²) in [5.41, 5.74) is 0. The molecule has 0 radical (unpaired) electrons. The predicted octanol–water partition coefficient (Wildman–Crippen LogP) is 3.15. The molecule has 2 heterocycles. The normalized spacial score (nSPS) is 26.6. The number of carbonyl (C=O) groups excluding carboxylic acids is 1. The Morgan fingerprint density at radius 3 is 3.07 bits per heavy atom. The molecule has 0 aromatic carbocycles. The molecule has 1 saturated heterocycles. The molecule has 2 rings (SSSR count). The molecule has 1 fully saturated rings. The Bertz CT molecular complexity index is 310. The van der Waals surface area contributed by atoms with Crippen LogP contribution in [0, 0.1) is 0 Å². The molecule has 14 heavy (non-hydrogen) atoms. The lowest BCUT2D eigenvalue weighted by Crippen LogP contribution is -2.29. The van der Waals surface area contributed by atoms with Gasteiger partial charge >= 0.3 is 0 Å². The molecule has 1 aliphatic heterocycles. The van der Waals surface area contributed by atoms with Gasteiger partial charge in [-0.25, -0.2) is 0 Å². The van der Waals surface area contributed by atoms with Crippen LogP contribution in [0.1, 0.15) is 24.6 Å². The summed E-state index contributed by atoms with van der Waals surface area (Å²) in [6.07, 6.45) is 2.88. The van der Waals surface area contributed by atoms with Gasteiger partial charge < -0.3 is 0 Å². The van der Waals surface area contributed by atoms with Gasteiger partial charge in [-0.05, 0) is 37.0 Å². The maximum atomic E-state index is 12.0. The molecule has 76 valence electrons. The zero-order valence-corrected chi connectivity index (χ0v) is 9.92. The summed E-state index contributed by atoms with van der Waals surface area (Å²) < 4.78 is -0.0933. The van der Waals surface area contributed by atoms with Gasteiger partial charge in [0.1, 0.15) is 0 Å². The monoisotopic (exact) mass is 226 g/mol. The van der Waals surface area contributed by atoms with Crippen molar-refractivity contribution in [1.29, 1.82) is 0 Å². The first-order valence-electron chi connectivity index (χ1n) is 4.90. The molecule has 1 atom stereocenters. The minimum Gasteiger partial charge on any atom is -0.298 e. The van der Waals surface area contributed by atoms with Crippen LogP contribution in [-0.4, -0.2) is 16.3 Å². The Balaban J connectivity index is 2.02. The summed E-state index contributed by atoms with van der Waals surface area (Å²) in [6, 6.07) is 4.06. The zero-order valence-electron chi connectivity index (χ0n) is 8.29. The van der Waals surface area contributed by atoms with Gasteiger partial charge in [-0.15, -0.1) is 23.1 Å². The summed E-state index contributed by atoms with van der Waals surface area (Å²) in [6.45, 7) is 2.10. The van der Waals surface area contributed by atoms with E-state index in [0.717, 1.165) is 12.2 Å². The zero-order chi connectivity index (χ0) is 10.0. The third-order valence-corrected chi connectivity index (χ3v) is 5.16. The second kappa shape index (κ2) is 4.07. The van der Waals surface area contributed by atoms with Crippen LogP contribution in [0.15, 0.2) is 17.5 Å². The van der Waals surface area contributed by atoms with Gasteiger partial charge in [-0.2, -0.15) is 0 Å².